The molecule has 0 bridgehead atoms. The van der Waals surface area contributed by atoms with Gasteiger partial charge in [-0.1, -0.05) is 52.0 Å². The molecule has 0 atom stereocenters. The summed E-state index contributed by atoms with van der Waals surface area (Å²) in [5.41, 5.74) is 3.57. The van der Waals surface area contributed by atoms with Crippen molar-refractivity contribution in [2.75, 3.05) is 11.9 Å². The number of carbonyl (C=O) groups is 1. The second-order valence-electron chi connectivity index (χ2n) is 7.19. The molecule has 0 spiro atoms. The fourth-order valence-electron chi connectivity index (χ4n) is 2.90. The van der Waals surface area contributed by atoms with Crippen molar-refractivity contribution < 1.29 is 14.5 Å². The third kappa shape index (κ3) is 5.06. The van der Waals surface area contributed by atoms with Crippen molar-refractivity contribution in [2.24, 2.45) is 0 Å². The highest BCUT2D eigenvalue weighted by molar-refractivity contribution is 5.93. The van der Waals surface area contributed by atoms with Crippen LogP contribution < -0.4 is 10.1 Å². The maximum absolute atomic E-state index is 12.5. The van der Waals surface area contributed by atoms with Gasteiger partial charge in [0, 0.05) is 11.8 Å². The summed E-state index contributed by atoms with van der Waals surface area (Å²) in [7, 11) is 0. The van der Waals surface area contributed by atoms with Crippen LogP contribution in [0.3, 0.4) is 0 Å². The molecule has 144 valence electrons. The number of para-hydroxylation sites is 1. The smallest absolute Gasteiger partial charge is 0.310 e. The lowest BCUT2D eigenvalue weighted by atomic mass is 9.92. The van der Waals surface area contributed by atoms with Crippen LogP contribution in [-0.2, 0) is 4.79 Å². The molecule has 2 aromatic rings. The molecule has 0 unspecified atom stereocenters. The maximum atomic E-state index is 12.5. The first kappa shape index (κ1) is 20.4. The molecule has 1 amide bonds. The number of rotatable bonds is 7. The Morgan fingerprint density at radius 1 is 1.11 bits per heavy atom. The lowest BCUT2D eigenvalue weighted by molar-refractivity contribution is -0.385. The normalized spacial score (nSPS) is 10.9. The highest BCUT2D eigenvalue weighted by atomic mass is 16.6. The predicted octanol–water partition coefficient (Wildman–Crippen LogP) is 5.17. The molecular formula is C21H26N2O4. The van der Waals surface area contributed by atoms with E-state index in [4.69, 9.17) is 4.74 Å². The van der Waals surface area contributed by atoms with Gasteiger partial charge in [-0.15, -0.1) is 0 Å². The minimum Gasteiger partial charge on any atom is -0.477 e. The Hall–Kier alpha value is -2.89. The summed E-state index contributed by atoms with van der Waals surface area (Å²) < 4.78 is 5.46. The molecule has 0 fully saturated rings. The SMILES string of the molecule is Cc1ccc([N+](=O)[O-])c(OCC(=O)Nc2c(C(C)C)cccc2C(C)C)c1. The van der Waals surface area contributed by atoms with E-state index in [1.54, 1.807) is 12.1 Å². The molecular weight excluding hydrogens is 344 g/mol. The van der Waals surface area contributed by atoms with Crippen molar-refractivity contribution in [1.29, 1.82) is 0 Å². The van der Waals surface area contributed by atoms with Gasteiger partial charge in [-0.25, -0.2) is 0 Å². The Bertz CT molecular complexity index is 818. The molecule has 0 aliphatic heterocycles. The van der Waals surface area contributed by atoms with Gasteiger partial charge in [-0.05, 0) is 41.5 Å². The summed E-state index contributed by atoms with van der Waals surface area (Å²) in [4.78, 5) is 23.1. The largest absolute Gasteiger partial charge is 0.477 e. The van der Waals surface area contributed by atoms with Crippen molar-refractivity contribution in [1.82, 2.24) is 0 Å². The van der Waals surface area contributed by atoms with E-state index >= 15 is 0 Å². The number of nitro benzene ring substituents is 1. The van der Waals surface area contributed by atoms with Crippen LogP contribution in [0.5, 0.6) is 5.75 Å². The Morgan fingerprint density at radius 3 is 2.22 bits per heavy atom. The van der Waals surface area contributed by atoms with Gasteiger partial charge in [0.1, 0.15) is 0 Å². The molecule has 6 heteroatoms. The van der Waals surface area contributed by atoms with Crippen LogP contribution in [0.25, 0.3) is 0 Å². The monoisotopic (exact) mass is 370 g/mol. The summed E-state index contributed by atoms with van der Waals surface area (Å²) in [6.45, 7) is 9.80. The summed E-state index contributed by atoms with van der Waals surface area (Å²) in [6, 6.07) is 10.6. The topological polar surface area (TPSA) is 81.5 Å². The van der Waals surface area contributed by atoms with Gasteiger partial charge in [-0.2, -0.15) is 0 Å². The van der Waals surface area contributed by atoms with E-state index < -0.39 is 4.92 Å². The van der Waals surface area contributed by atoms with E-state index in [0.717, 1.165) is 22.4 Å². The van der Waals surface area contributed by atoms with E-state index in [1.807, 2.05) is 25.1 Å². The van der Waals surface area contributed by atoms with E-state index in [2.05, 4.69) is 33.0 Å². The number of nitrogens with one attached hydrogen (secondary N) is 1. The van der Waals surface area contributed by atoms with Gasteiger partial charge >= 0.3 is 5.69 Å². The van der Waals surface area contributed by atoms with Crippen LogP contribution in [0, 0.1) is 17.0 Å². The van der Waals surface area contributed by atoms with Gasteiger partial charge in [0.15, 0.2) is 12.4 Å². The molecule has 27 heavy (non-hydrogen) atoms. The first-order valence-electron chi connectivity index (χ1n) is 9.01. The number of benzene rings is 2. The molecule has 1 N–H and O–H groups in total. The molecule has 6 nitrogen and oxygen atoms in total. The summed E-state index contributed by atoms with van der Waals surface area (Å²) in [5.74, 6) is 0.243. The predicted molar refractivity (Wildman–Crippen MR) is 107 cm³/mol. The summed E-state index contributed by atoms with van der Waals surface area (Å²) in [5, 5.41) is 14.1. The lowest BCUT2D eigenvalue weighted by Crippen LogP contribution is -2.22. The first-order valence-corrected chi connectivity index (χ1v) is 9.01. The molecule has 0 radical (unpaired) electrons. The Morgan fingerprint density at radius 2 is 1.70 bits per heavy atom. The van der Waals surface area contributed by atoms with Crippen molar-refractivity contribution in [3.63, 3.8) is 0 Å². The Kier molecular flexibility index (Phi) is 6.55. The maximum Gasteiger partial charge on any atom is 0.310 e. The molecule has 0 heterocycles. The average molecular weight is 370 g/mol. The number of ether oxygens (including phenoxy) is 1. The van der Waals surface area contributed by atoms with Crippen LogP contribution >= 0.6 is 0 Å². The molecule has 0 saturated heterocycles. The van der Waals surface area contributed by atoms with Gasteiger partial charge in [-0.3, -0.25) is 14.9 Å². The molecule has 2 rings (SSSR count). The number of hydrogen-bond acceptors (Lipinski definition) is 4. The fraction of sp³-hybridized carbons (Fsp3) is 0.381. The number of nitro groups is 1. The molecule has 0 saturated carbocycles. The van der Waals surface area contributed by atoms with Crippen LogP contribution in [0.1, 0.15) is 56.2 Å². The minimum atomic E-state index is -0.516. The van der Waals surface area contributed by atoms with Crippen molar-refractivity contribution in [3.8, 4) is 5.75 Å². The number of anilines is 1. The number of aryl methyl sites for hydroxylation is 1. The molecule has 0 aromatic heterocycles. The van der Waals surface area contributed by atoms with Crippen molar-refractivity contribution in [2.45, 2.75) is 46.5 Å². The van der Waals surface area contributed by atoms with E-state index in [9.17, 15) is 14.9 Å². The Balaban J connectivity index is 2.20. The highest BCUT2D eigenvalue weighted by Crippen LogP contribution is 2.32. The number of nitrogens with zero attached hydrogens (tertiary/aromatic N) is 1. The molecule has 0 aliphatic rings. The van der Waals surface area contributed by atoms with Gasteiger partial charge in [0.2, 0.25) is 0 Å². The zero-order valence-corrected chi connectivity index (χ0v) is 16.4. The second kappa shape index (κ2) is 8.66. The van der Waals surface area contributed by atoms with Gasteiger partial charge in [0.25, 0.3) is 5.91 Å². The molecule has 0 aliphatic carbocycles. The number of amides is 1. The minimum absolute atomic E-state index is 0.0939. The van der Waals surface area contributed by atoms with Gasteiger partial charge in [0.05, 0.1) is 4.92 Å². The lowest BCUT2D eigenvalue weighted by Gasteiger charge is -2.20. The number of carbonyl (C=O) groups excluding carboxylic acids is 1. The standard InChI is InChI=1S/C21H26N2O4/c1-13(2)16-7-6-8-17(14(3)4)21(16)22-20(24)12-27-19-11-15(5)9-10-18(19)23(25)26/h6-11,13-14H,12H2,1-5H3,(H,22,24). The fourth-order valence-corrected chi connectivity index (χ4v) is 2.90. The van der Waals surface area contributed by atoms with Crippen LogP contribution in [0.4, 0.5) is 11.4 Å². The van der Waals surface area contributed by atoms with E-state index in [0.29, 0.717) is 0 Å². The Labute approximate surface area is 159 Å². The zero-order chi connectivity index (χ0) is 20.1. The van der Waals surface area contributed by atoms with Crippen LogP contribution in [0.2, 0.25) is 0 Å². The third-order valence-electron chi connectivity index (χ3n) is 4.31. The van der Waals surface area contributed by atoms with E-state index in [-0.39, 0.29) is 35.8 Å². The van der Waals surface area contributed by atoms with E-state index in [1.165, 1.54) is 6.07 Å². The van der Waals surface area contributed by atoms with Crippen LogP contribution in [-0.4, -0.2) is 17.4 Å². The van der Waals surface area contributed by atoms with Crippen LogP contribution in [0.15, 0.2) is 36.4 Å². The summed E-state index contributed by atoms with van der Waals surface area (Å²) >= 11 is 0. The number of hydrogen-bond donors (Lipinski definition) is 1. The highest BCUT2D eigenvalue weighted by Gasteiger charge is 2.19. The molecule has 2 aromatic carbocycles. The first-order chi connectivity index (χ1) is 12.7. The average Bonchev–Trinajstić information content (AvgIpc) is 2.59. The second-order valence-corrected chi connectivity index (χ2v) is 7.19. The van der Waals surface area contributed by atoms with Gasteiger partial charge < -0.3 is 10.1 Å². The third-order valence-corrected chi connectivity index (χ3v) is 4.31. The zero-order valence-electron chi connectivity index (χ0n) is 16.4. The summed E-state index contributed by atoms with van der Waals surface area (Å²) in [6.07, 6.45) is 0. The quantitative estimate of drug-likeness (QED) is 0.538. The van der Waals surface area contributed by atoms with Crippen molar-refractivity contribution in [3.05, 3.63) is 63.2 Å². The van der Waals surface area contributed by atoms with Crippen molar-refractivity contribution >= 4 is 17.3 Å².